The van der Waals surface area contributed by atoms with Crippen LogP contribution in [0.4, 0.5) is 0 Å². The summed E-state index contributed by atoms with van der Waals surface area (Å²) in [5.41, 5.74) is 0. The predicted octanol–water partition coefficient (Wildman–Crippen LogP) is 3.94. The molecule has 0 aliphatic rings. The van der Waals surface area contributed by atoms with Gasteiger partial charge in [-0.25, -0.2) is 8.42 Å². The van der Waals surface area contributed by atoms with E-state index in [2.05, 4.69) is 5.32 Å². The van der Waals surface area contributed by atoms with Crippen LogP contribution in [0.2, 0.25) is 5.02 Å². The van der Waals surface area contributed by atoms with Gasteiger partial charge in [0.1, 0.15) is 11.0 Å². The Hall–Kier alpha value is -2.09. The van der Waals surface area contributed by atoms with E-state index in [-0.39, 0.29) is 23.1 Å². The standard InChI is InChI=1S/C17H14ClNO4S2/c18-12-5-7-13(8-6-12)25(21,22)16(14-3-1-9-23-14)11-19-17(20)15-4-2-10-24-15/h1-10,16H,11H2,(H,19,20). The highest BCUT2D eigenvalue weighted by Gasteiger charge is 2.32. The van der Waals surface area contributed by atoms with Crippen LogP contribution in [0.3, 0.4) is 0 Å². The van der Waals surface area contributed by atoms with Gasteiger partial charge < -0.3 is 9.73 Å². The minimum atomic E-state index is -3.77. The van der Waals surface area contributed by atoms with E-state index in [9.17, 15) is 13.2 Å². The Bertz CT molecular complexity index is 933. The van der Waals surface area contributed by atoms with Crippen LogP contribution in [-0.4, -0.2) is 20.9 Å². The monoisotopic (exact) mass is 395 g/mol. The maximum absolute atomic E-state index is 13.0. The number of hydrogen-bond acceptors (Lipinski definition) is 5. The lowest BCUT2D eigenvalue weighted by Gasteiger charge is -2.16. The molecule has 1 unspecified atom stereocenters. The van der Waals surface area contributed by atoms with Crippen LogP contribution in [-0.2, 0) is 9.84 Å². The van der Waals surface area contributed by atoms with Crippen LogP contribution in [0.15, 0.2) is 69.5 Å². The molecule has 1 aromatic carbocycles. The Kier molecular flexibility index (Phi) is 5.27. The van der Waals surface area contributed by atoms with Crippen molar-refractivity contribution in [2.45, 2.75) is 10.1 Å². The zero-order chi connectivity index (χ0) is 17.9. The van der Waals surface area contributed by atoms with Crippen LogP contribution in [0.5, 0.6) is 0 Å². The molecule has 0 fully saturated rings. The number of carbonyl (C=O) groups is 1. The molecule has 2 heterocycles. The van der Waals surface area contributed by atoms with Gasteiger partial charge in [0.25, 0.3) is 5.91 Å². The van der Waals surface area contributed by atoms with Gasteiger partial charge in [0.15, 0.2) is 9.84 Å². The van der Waals surface area contributed by atoms with Gasteiger partial charge in [-0.3, -0.25) is 4.79 Å². The lowest BCUT2D eigenvalue weighted by molar-refractivity contribution is 0.0957. The second-order valence-electron chi connectivity index (χ2n) is 5.19. The number of hydrogen-bond donors (Lipinski definition) is 1. The average Bonchev–Trinajstić information content (AvgIpc) is 3.29. The number of halogens is 1. The fourth-order valence-corrected chi connectivity index (χ4v) is 4.66. The Balaban J connectivity index is 1.87. The van der Waals surface area contributed by atoms with E-state index in [1.165, 1.54) is 41.9 Å². The molecule has 1 atom stereocenters. The Morgan fingerprint density at radius 2 is 1.92 bits per heavy atom. The number of furan rings is 1. The molecule has 8 heteroatoms. The fraction of sp³-hybridized carbons (Fsp3) is 0.118. The molecule has 130 valence electrons. The molecular formula is C17H14ClNO4S2. The summed E-state index contributed by atoms with van der Waals surface area (Å²) in [6.45, 7) is -0.102. The molecule has 0 spiro atoms. The van der Waals surface area contributed by atoms with E-state index in [0.29, 0.717) is 9.90 Å². The first-order valence-corrected chi connectivity index (χ1v) is 10.1. The van der Waals surface area contributed by atoms with Crippen molar-refractivity contribution in [3.63, 3.8) is 0 Å². The third-order valence-corrected chi connectivity index (χ3v) is 6.77. The van der Waals surface area contributed by atoms with Gasteiger partial charge in [0, 0.05) is 11.6 Å². The van der Waals surface area contributed by atoms with Crippen LogP contribution in [0, 0.1) is 0 Å². The highest BCUT2D eigenvalue weighted by atomic mass is 35.5. The van der Waals surface area contributed by atoms with Crippen molar-refractivity contribution >= 4 is 38.7 Å². The normalized spacial score (nSPS) is 12.7. The molecule has 1 amide bonds. The van der Waals surface area contributed by atoms with E-state index in [0.717, 1.165) is 0 Å². The fourth-order valence-electron chi connectivity index (χ4n) is 2.31. The Morgan fingerprint density at radius 3 is 2.52 bits per heavy atom. The van der Waals surface area contributed by atoms with E-state index in [1.807, 2.05) is 0 Å². The van der Waals surface area contributed by atoms with Crippen LogP contribution < -0.4 is 5.32 Å². The van der Waals surface area contributed by atoms with Crippen molar-refractivity contribution in [1.29, 1.82) is 0 Å². The Labute approximate surface area is 154 Å². The first-order valence-electron chi connectivity index (χ1n) is 7.33. The summed E-state index contributed by atoms with van der Waals surface area (Å²) in [7, 11) is -3.77. The van der Waals surface area contributed by atoms with Crippen LogP contribution in [0.1, 0.15) is 20.7 Å². The maximum atomic E-state index is 13.0. The summed E-state index contributed by atoms with van der Waals surface area (Å²) >= 11 is 7.12. The van der Waals surface area contributed by atoms with Gasteiger partial charge in [-0.05, 0) is 47.8 Å². The zero-order valence-corrected chi connectivity index (χ0v) is 15.3. The highest BCUT2D eigenvalue weighted by Crippen LogP contribution is 2.29. The van der Waals surface area contributed by atoms with Crippen molar-refractivity contribution in [2.75, 3.05) is 6.54 Å². The number of carbonyl (C=O) groups excluding carboxylic acids is 1. The molecule has 0 saturated carbocycles. The molecule has 3 rings (SSSR count). The summed E-state index contributed by atoms with van der Waals surface area (Å²) in [4.78, 5) is 12.8. The minimum Gasteiger partial charge on any atom is -0.468 e. The lowest BCUT2D eigenvalue weighted by Crippen LogP contribution is -2.31. The number of benzene rings is 1. The lowest BCUT2D eigenvalue weighted by atomic mass is 10.3. The summed E-state index contributed by atoms with van der Waals surface area (Å²) in [6.07, 6.45) is 1.40. The van der Waals surface area contributed by atoms with E-state index in [1.54, 1.807) is 29.6 Å². The average molecular weight is 396 g/mol. The number of amides is 1. The molecule has 0 aliphatic heterocycles. The molecule has 3 aromatic rings. The number of thiophene rings is 1. The topological polar surface area (TPSA) is 76.4 Å². The molecule has 0 saturated heterocycles. The van der Waals surface area contributed by atoms with E-state index < -0.39 is 15.1 Å². The van der Waals surface area contributed by atoms with E-state index >= 15 is 0 Å². The number of rotatable bonds is 6. The van der Waals surface area contributed by atoms with Gasteiger partial charge in [-0.15, -0.1) is 11.3 Å². The summed E-state index contributed by atoms with van der Waals surface area (Å²) in [6, 6.07) is 12.5. The summed E-state index contributed by atoms with van der Waals surface area (Å²) in [5, 5.41) is 3.86. The molecule has 1 N–H and O–H groups in total. The van der Waals surface area contributed by atoms with Crippen molar-refractivity contribution in [1.82, 2.24) is 5.32 Å². The largest absolute Gasteiger partial charge is 0.468 e. The molecule has 25 heavy (non-hydrogen) atoms. The molecule has 2 aromatic heterocycles. The maximum Gasteiger partial charge on any atom is 0.261 e. The number of nitrogens with one attached hydrogen (secondary N) is 1. The minimum absolute atomic E-state index is 0.102. The highest BCUT2D eigenvalue weighted by molar-refractivity contribution is 7.91. The molecule has 0 bridgehead atoms. The van der Waals surface area contributed by atoms with Crippen molar-refractivity contribution in [3.05, 3.63) is 75.8 Å². The smallest absolute Gasteiger partial charge is 0.261 e. The van der Waals surface area contributed by atoms with Crippen molar-refractivity contribution in [2.24, 2.45) is 0 Å². The summed E-state index contributed by atoms with van der Waals surface area (Å²) in [5.74, 6) is -0.0562. The SMILES string of the molecule is O=C(NCC(c1ccco1)S(=O)(=O)c1ccc(Cl)cc1)c1cccs1. The molecule has 5 nitrogen and oxygen atoms in total. The van der Waals surface area contributed by atoms with Crippen molar-refractivity contribution < 1.29 is 17.6 Å². The van der Waals surface area contributed by atoms with Gasteiger partial charge in [-0.2, -0.15) is 0 Å². The molecule has 0 aliphatic carbocycles. The third-order valence-electron chi connectivity index (χ3n) is 3.57. The van der Waals surface area contributed by atoms with E-state index in [4.69, 9.17) is 16.0 Å². The quantitative estimate of drug-likeness (QED) is 0.685. The van der Waals surface area contributed by atoms with Crippen molar-refractivity contribution in [3.8, 4) is 0 Å². The summed E-state index contributed by atoms with van der Waals surface area (Å²) < 4.78 is 31.3. The number of sulfone groups is 1. The first-order chi connectivity index (χ1) is 12.0. The molecular weight excluding hydrogens is 382 g/mol. The first kappa shape index (κ1) is 17.7. The van der Waals surface area contributed by atoms with Gasteiger partial charge >= 0.3 is 0 Å². The van der Waals surface area contributed by atoms with Gasteiger partial charge in [-0.1, -0.05) is 17.7 Å². The Morgan fingerprint density at radius 1 is 1.16 bits per heavy atom. The molecule has 0 radical (unpaired) electrons. The van der Waals surface area contributed by atoms with Crippen LogP contribution in [0.25, 0.3) is 0 Å². The van der Waals surface area contributed by atoms with Crippen LogP contribution >= 0.6 is 22.9 Å². The second-order valence-corrected chi connectivity index (χ2v) is 8.70. The van der Waals surface area contributed by atoms with Gasteiger partial charge in [0.2, 0.25) is 0 Å². The zero-order valence-electron chi connectivity index (χ0n) is 12.9. The van der Waals surface area contributed by atoms with Gasteiger partial charge in [0.05, 0.1) is 16.0 Å². The predicted molar refractivity (Wildman–Crippen MR) is 96.7 cm³/mol. The third kappa shape index (κ3) is 3.95. The second kappa shape index (κ2) is 7.43.